The summed E-state index contributed by atoms with van der Waals surface area (Å²) in [5, 5.41) is 11.9. The summed E-state index contributed by atoms with van der Waals surface area (Å²) in [5.41, 5.74) is 5.69. The Balaban J connectivity index is 1.45. The maximum absolute atomic E-state index is 14.4. The van der Waals surface area contributed by atoms with E-state index in [4.69, 9.17) is 14.9 Å². The first-order valence-electron chi connectivity index (χ1n) is 14.6. The fraction of sp³-hybridized carbons (Fsp3) is 0.394. The van der Waals surface area contributed by atoms with Crippen LogP contribution in [-0.4, -0.2) is 91.0 Å². The van der Waals surface area contributed by atoms with Crippen LogP contribution in [0.25, 0.3) is 23.3 Å². The van der Waals surface area contributed by atoms with Crippen molar-refractivity contribution >= 4 is 58.0 Å². The summed E-state index contributed by atoms with van der Waals surface area (Å²) < 4.78 is 11.3. The number of nitrogens with zero attached hydrogens (tertiary/aromatic N) is 3. The van der Waals surface area contributed by atoms with Crippen LogP contribution in [0.4, 0.5) is 5.69 Å². The maximum Gasteiger partial charge on any atom is 0.235 e. The zero-order valence-electron chi connectivity index (χ0n) is 25.6. The number of ether oxygens (including phenoxy) is 1. The minimum absolute atomic E-state index is 0.0288. The minimum Gasteiger partial charge on any atom is -0.497 e. The number of hydrogen-bond acceptors (Lipinski definition) is 11. The van der Waals surface area contributed by atoms with Crippen molar-refractivity contribution in [2.75, 3.05) is 40.2 Å². The lowest BCUT2D eigenvalue weighted by Gasteiger charge is -2.52. The molecule has 2 aromatic carbocycles. The highest BCUT2D eigenvalue weighted by atomic mass is 16.5. The molecule has 1 amide bonds. The number of Topliss-reactive ketones (excluding diaryl/α,β-unsaturated/α-hetero) is 4. The molecule has 12 heteroatoms. The Kier molecular flexibility index (Phi) is 7.24. The van der Waals surface area contributed by atoms with Gasteiger partial charge >= 0.3 is 0 Å². The van der Waals surface area contributed by atoms with Crippen molar-refractivity contribution in [1.82, 2.24) is 9.88 Å². The third-order valence-electron chi connectivity index (χ3n) is 9.45. The van der Waals surface area contributed by atoms with E-state index in [-0.39, 0.29) is 29.9 Å². The molecule has 2 saturated carbocycles. The lowest BCUT2D eigenvalue weighted by molar-refractivity contribution is -0.181. The van der Waals surface area contributed by atoms with E-state index < -0.39 is 64.4 Å². The summed E-state index contributed by atoms with van der Waals surface area (Å²) in [6, 6.07) is 8.06. The fourth-order valence-electron chi connectivity index (χ4n) is 7.41. The van der Waals surface area contributed by atoms with Gasteiger partial charge in [0, 0.05) is 31.8 Å². The number of aliphatic hydroxyl groups is 1. The highest BCUT2D eigenvalue weighted by Crippen LogP contribution is 2.51. The average Bonchev–Trinajstić information content (AvgIpc) is 3.40. The van der Waals surface area contributed by atoms with Crippen molar-refractivity contribution in [2.24, 2.45) is 29.4 Å². The average molecular weight is 615 g/mol. The third-order valence-corrected chi connectivity index (χ3v) is 9.45. The Morgan fingerprint density at radius 1 is 1.09 bits per heavy atom. The molecular formula is C33H34N4O8. The highest BCUT2D eigenvalue weighted by Gasteiger charge is 2.69. The van der Waals surface area contributed by atoms with Gasteiger partial charge in [0.05, 0.1) is 24.6 Å². The molecule has 45 heavy (non-hydrogen) atoms. The van der Waals surface area contributed by atoms with E-state index in [2.05, 4.69) is 4.98 Å². The van der Waals surface area contributed by atoms with Crippen LogP contribution < -0.4 is 15.4 Å². The van der Waals surface area contributed by atoms with Crippen LogP contribution in [0.1, 0.15) is 33.8 Å². The van der Waals surface area contributed by atoms with E-state index in [9.17, 15) is 29.1 Å². The summed E-state index contributed by atoms with van der Waals surface area (Å²) in [7, 11) is 8.39. The van der Waals surface area contributed by atoms with Gasteiger partial charge in [-0.2, -0.15) is 0 Å². The van der Waals surface area contributed by atoms with Crippen LogP contribution in [0.5, 0.6) is 5.75 Å². The number of primary amides is 1. The molecule has 0 bridgehead atoms. The fourth-order valence-corrected chi connectivity index (χ4v) is 7.41. The Morgan fingerprint density at radius 3 is 2.38 bits per heavy atom. The first-order chi connectivity index (χ1) is 21.3. The maximum atomic E-state index is 14.4. The quantitative estimate of drug-likeness (QED) is 0.386. The molecule has 12 nitrogen and oxygen atoms in total. The predicted octanol–water partition coefficient (Wildman–Crippen LogP) is 1.55. The summed E-state index contributed by atoms with van der Waals surface area (Å²) in [6.45, 7) is 0. The zero-order valence-corrected chi connectivity index (χ0v) is 25.6. The van der Waals surface area contributed by atoms with Gasteiger partial charge in [-0.1, -0.05) is 12.1 Å². The molecule has 0 spiro atoms. The SMILES string of the molecule is COc1ccc(C=Cc2nc3cc(N(C)C)c4c(c3o2)C(=O)C2C(=O)[C@]3(O)C(=O)C(C(N)=O)C(=O)[C@@H](N(C)C)[C@@H]3C[C@@H]2C4)cc1. The number of amides is 1. The number of rotatable bonds is 6. The van der Waals surface area contributed by atoms with Gasteiger partial charge in [-0.25, -0.2) is 4.98 Å². The molecule has 3 aliphatic carbocycles. The zero-order chi connectivity index (χ0) is 32.5. The molecule has 3 aromatic rings. The van der Waals surface area contributed by atoms with Crippen LogP contribution in [-0.2, 0) is 25.6 Å². The van der Waals surface area contributed by atoms with Crippen molar-refractivity contribution in [3.8, 4) is 5.75 Å². The molecule has 0 radical (unpaired) electrons. The molecule has 3 aliphatic rings. The van der Waals surface area contributed by atoms with Crippen molar-refractivity contribution in [1.29, 1.82) is 0 Å². The standard InChI is InChI=1S/C33H34N4O8/c1-36(2)21-14-20-29(45-22(35-20)11-8-15-6-9-17(44-5)10-7-15)24-18(21)12-16-13-19-26(37(3)4)28(39)25(32(34)42)31(41)33(19,43)30(40)23(16)27(24)38/h6-11,14,16,19,23,25-26,43H,12-13H2,1-5H3,(H2,34,42)/t16-,19-,23?,25?,26-,33-/m0/s1. The van der Waals surface area contributed by atoms with Gasteiger partial charge in [0.2, 0.25) is 11.8 Å². The predicted molar refractivity (Wildman–Crippen MR) is 164 cm³/mol. The highest BCUT2D eigenvalue weighted by molar-refractivity contribution is 6.32. The van der Waals surface area contributed by atoms with Gasteiger partial charge in [-0.05, 0) is 68.3 Å². The second-order valence-corrected chi connectivity index (χ2v) is 12.4. The first kappa shape index (κ1) is 30.4. The van der Waals surface area contributed by atoms with E-state index >= 15 is 0 Å². The lowest BCUT2D eigenvalue weighted by Crippen LogP contribution is -2.74. The summed E-state index contributed by atoms with van der Waals surface area (Å²) in [5.74, 6) is -9.07. The number of oxazole rings is 1. The molecule has 6 rings (SSSR count). The number of carbonyl (C=O) groups is 5. The van der Waals surface area contributed by atoms with Crippen LogP contribution in [0.15, 0.2) is 34.7 Å². The molecule has 6 atom stereocenters. The second-order valence-electron chi connectivity index (χ2n) is 12.4. The van der Waals surface area contributed by atoms with Crippen molar-refractivity contribution in [3.05, 3.63) is 52.9 Å². The second kappa shape index (κ2) is 10.7. The van der Waals surface area contributed by atoms with E-state index in [1.165, 1.54) is 4.90 Å². The van der Waals surface area contributed by atoms with E-state index in [0.717, 1.165) is 5.56 Å². The number of nitrogens with two attached hydrogens (primary N) is 1. The topological polar surface area (TPSA) is 173 Å². The minimum atomic E-state index is -2.73. The first-order valence-corrected chi connectivity index (χ1v) is 14.6. The number of carbonyl (C=O) groups excluding carboxylic acids is 5. The molecule has 0 aliphatic heterocycles. The number of likely N-dealkylation sites (N-methyl/N-ethyl adjacent to an activating group) is 1. The van der Waals surface area contributed by atoms with Gasteiger partial charge in [0.15, 0.2) is 40.2 Å². The normalized spacial score (nSPS) is 27.9. The lowest BCUT2D eigenvalue weighted by atomic mass is 9.52. The largest absolute Gasteiger partial charge is 0.497 e. The molecule has 2 fully saturated rings. The Labute approximate surface area is 258 Å². The van der Waals surface area contributed by atoms with Crippen molar-refractivity contribution in [3.63, 3.8) is 0 Å². The Hall–Kier alpha value is -4.68. The summed E-state index contributed by atoms with van der Waals surface area (Å²) in [6.07, 6.45) is 3.75. The third kappa shape index (κ3) is 4.50. The van der Waals surface area contributed by atoms with Crippen LogP contribution in [0.3, 0.4) is 0 Å². The van der Waals surface area contributed by atoms with Crippen LogP contribution >= 0.6 is 0 Å². The molecule has 1 heterocycles. The van der Waals surface area contributed by atoms with Crippen molar-refractivity contribution in [2.45, 2.75) is 24.5 Å². The van der Waals surface area contributed by atoms with Crippen LogP contribution in [0.2, 0.25) is 0 Å². The molecule has 234 valence electrons. The van der Waals surface area contributed by atoms with Crippen LogP contribution in [0, 0.1) is 23.7 Å². The number of hydrogen-bond donors (Lipinski definition) is 2. The Bertz CT molecular complexity index is 1810. The Morgan fingerprint density at radius 2 is 1.78 bits per heavy atom. The van der Waals surface area contributed by atoms with E-state index in [1.807, 2.05) is 49.3 Å². The van der Waals surface area contributed by atoms with Gasteiger partial charge < -0.3 is 24.9 Å². The molecule has 3 N–H and O–H groups in total. The number of aromatic nitrogens is 1. The van der Waals surface area contributed by atoms with E-state index in [1.54, 1.807) is 33.4 Å². The molecule has 2 unspecified atom stereocenters. The van der Waals surface area contributed by atoms with Gasteiger partial charge in [-0.15, -0.1) is 0 Å². The molecule has 0 saturated heterocycles. The van der Waals surface area contributed by atoms with Gasteiger partial charge in [0.25, 0.3) is 0 Å². The van der Waals surface area contributed by atoms with Crippen molar-refractivity contribution < 1.29 is 38.2 Å². The number of benzene rings is 2. The molecule has 1 aromatic heterocycles. The number of fused-ring (bicyclic) bond motifs is 5. The summed E-state index contributed by atoms with van der Waals surface area (Å²) >= 11 is 0. The number of methoxy groups -OCH3 is 1. The summed E-state index contributed by atoms with van der Waals surface area (Å²) in [4.78, 5) is 75.6. The van der Waals surface area contributed by atoms with Gasteiger partial charge in [-0.3, -0.25) is 28.9 Å². The van der Waals surface area contributed by atoms with Gasteiger partial charge in [0.1, 0.15) is 11.3 Å². The van der Waals surface area contributed by atoms with E-state index in [0.29, 0.717) is 22.5 Å². The smallest absolute Gasteiger partial charge is 0.235 e. The monoisotopic (exact) mass is 614 g/mol. The molecular weight excluding hydrogens is 580 g/mol. The number of anilines is 1. The number of ketones is 4.